The third kappa shape index (κ3) is 3.74. The lowest BCUT2D eigenvalue weighted by Gasteiger charge is -2.24. The lowest BCUT2D eigenvalue weighted by atomic mass is 9.99. The number of nitrogens with zero attached hydrogens (tertiary/aromatic N) is 2. The molecule has 0 aromatic heterocycles. The molecule has 7 nitrogen and oxygen atoms in total. The van der Waals surface area contributed by atoms with E-state index >= 15 is 0 Å². The Morgan fingerprint density at radius 3 is 2.73 bits per heavy atom. The number of amides is 2. The number of rotatable bonds is 2. The molecule has 7 heteroatoms. The highest BCUT2D eigenvalue weighted by Crippen LogP contribution is 2.34. The van der Waals surface area contributed by atoms with E-state index < -0.39 is 29.6 Å². The smallest absolute Gasteiger partial charge is 0.410 e. The van der Waals surface area contributed by atoms with Crippen LogP contribution in [-0.2, 0) is 9.53 Å². The van der Waals surface area contributed by atoms with Gasteiger partial charge in [-0.2, -0.15) is 5.26 Å². The maximum atomic E-state index is 12.7. The predicted molar refractivity (Wildman–Crippen MR) is 93.5 cm³/mol. The van der Waals surface area contributed by atoms with E-state index in [1.165, 1.54) is 4.90 Å². The van der Waals surface area contributed by atoms with Gasteiger partial charge in [0.2, 0.25) is 5.91 Å². The molecule has 0 saturated carbocycles. The third-order valence-corrected chi connectivity index (χ3v) is 4.48. The van der Waals surface area contributed by atoms with Crippen LogP contribution in [0.2, 0.25) is 0 Å². The molecule has 1 aromatic rings. The number of carbonyl (C=O) groups is 2. The second-order valence-electron chi connectivity index (χ2n) is 7.64. The quantitative estimate of drug-likeness (QED) is 0.874. The van der Waals surface area contributed by atoms with Crippen molar-refractivity contribution in [2.75, 3.05) is 19.7 Å². The average molecular weight is 357 g/mol. The van der Waals surface area contributed by atoms with Crippen molar-refractivity contribution in [3.8, 4) is 11.8 Å². The van der Waals surface area contributed by atoms with Crippen molar-refractivity contribution in [2.45, 2.75) is 38.3 Å². The molecule has 1 saturated heterocycles. The standard InChI is InChI=1S/C19H23N3O4/c1-19(2,3)26-18(24)22-9-12(8-20)15(10-22)21-17(23)14-11-25-16-7-5-4-6-13(14)16/h4-7,12,14-15H,9-11H2,1-3H3,(H,21,23). The predicted octanol–water partition coefficient (Wildman–Crippen LogP) is 2.04. The van der Waals surface area contributed by atoms with Crippen molar-refractivity contribution in [2.24, 2.45) is 5.92 Å². The van der Waals surface area contributed by atoms with Gasteiger partial charge in [-0.05, 0) is 26.8 Å². The second kappa shape index (κ2) is 6.87. The summed E-state index contributed by atoms with van der Waals surface area (Å²) >= 11 is 0. The first-order valence-corrected chi connectivity index (χ1v) is 8.68. The Kier molecular flexibility index (Phi) is 4.77. The number of ether oxygens (including phenoxy) is 2. The molecule has 3 unspecified atom stereocenters. The molecule has 138 valence electrons. The van der Waals surface area contributed by atoms with Crippen LogP contribution < -0.4 is 10.1 Å². The van der Waals surface area contributed by atoms with Crippen LogP contribution >= 0.6 is 0 Å². The molecular weight excluding hydrogens is 334 g/mol. The highest BCUT2D eigenvalue weighted by atomic mass is 16.6. The number of likely N-dealkylation sites (tertiary alicyclic amines) is 1. The van der Waals surface area contributed by atoms with Gasteiger partial charge < -0.3 is 19.7 Å². The lowest BCUT2D eigenvalue weighted by Crippen LogP contribution is -2.43. The van der Waals surface area contributed by atoms with Crippen LogP contribution in [0, 0.1) is 17.2 Å². The molecular formula is C19H23N3O4. The zero-order valence-corrected chi connectivity index (χ0v) is 15.2. The molecule has 1 aromatic carbocycles. The van der Waals surface area contributed by atoms with E-state index in [2.05, 4.69) is 11.4 Å². The minimum Gasteiger partial charge on any atom is -0.492 e. The Morgan fingerprint density at radius 1 is 1.31 bits per heavy atom. The third-order valence-electron chi connectivity index (χ3n) is 4.48. The van der Waals surface area contributed by atoms with Gasteiger partial charge in [0.25, 0.3) is 0 Å². The van der Waals surface area contributed by atoms with E-state index in [0.29, 0.717) is 5.75 Å². The van der Waals surface area contributed by atoms with Crippen LogP contribution in [0.4, 0.5) is 4.79 Å². The van der Waals surface area contributed by atoms with Gasteiger partial charge in [0.1, 0.15) is 23.9 Å². The highest BCUT2D eigenvalue weighted by Gasteiger charge is 2.40. The minimum absolute atomic E-state index is 0.189. The van der Waals surface area contributed by atoms with Crippen molar-refractivity contribution in [3.63, 3.8) is 0 Å². The fourth-order valence-electron chi connectivity index (χ4n) is 3.22. The van der Waals surface area contributed by atoms with Crippen LogP contribution in [0.3, 0.4) is 0 Å². The molecule has 3 rings (SSSR count). The molecule has 26 heavy (non-hydrogen) atoms. The number of benzene rings is 1. The summed E-state index contributed by atoms with van der Waals surface area (Å²) in [5, 5.41) is 12.3. The summed E-state index contributed by atoms with van der Waals surface area (Å²) in [5.41, 5.74) is 0.242. The first-order valence-electron chi connectivity index (χ1n) is 8.68. The minimum atomic E-state index is -0.606. The number of nitriles is 1. The van der Waals surface area contributed by atoms with Crippen molar-refractivity contribution < 1.29 is 19.1 Å². The molecule has 0 bridgehead atoms. The van der Waals surface area contributed by atoms with Gasteiger partial charge in [-0.15, -0.1) is 0 Å². The largest absolute Gasteiger partial charge is 0.492 e. The van der Waals surface area contributed by atoms with Gasteiger partial charge in [-0.1, -0.05) is 18.2 Å². The zero-order chi connectivity index (χ0) is 18.9. The number of carbonyl (C=O) groups excluding carboxylic acids is 2. The maximum Gasteiger partial charge on any atom is 0.410 e. The Morgan fingerprint density at radius 2 is 2.04 bits per heavy atom. The molecule has 0 spiro atoms. The van der Waals surface area contributed by atoms with E-state index in [0.717, 1.165) is 5.56 Å². The van der Waals surface area contributed by atoms with Gasteiger partial charge in [-0.3, -0.25) is 4.79 Å². The first kappa shape index (κ1) is 18.1. The monoisotopic (exact) mass is 357 g/mol. The normalized spacial score (nSPS) is 24.4. The average Bonchev–Trinajstić information content (AvgIpc) is 3.17. The Hall–Kier alpha value is -2.75. The first-order chi connectivity index (χ1) is 12.3. The summed E-state index contributed by atoms with van der Waals surface area (Å²) in [5.74, 6) is -0.345. The molecule has 1 fully saturated rings. The molecule has 3 atom stereocenters. The van der Waals surface area contributed by atoms with E-state index in [-0.39, 0.29) is 25.6 Å². The molecule has 2 aliphatic heterocycles. The van der Waals surface area contributed by atoms with Crippen LogP contribution in [0.1, 0.15) is 32.3 Å². The van der Waals surface area contributed by atoms with E-state index in [1.54, 1.807) is 20.8 Å². The summed E-state index contributed by atoms with van der Waals surface area (Å²) in [6.45, 7) is 6.16. The lowest BCUT2D eigenvalue weighted by molar-refractivity contribution is -0.123. The maximum absolute atomic E-state index is 12.7. The molecule has 2 heterocycles. The summed E-state index contributed by atoms with van der Waals surface area (Å²) in [7, 11) is 0. The Labute approximate surface area is 152 Å². The van der Waals surface area contributed by atoms with Gasteiger partial charge in [-0.25, -0.2) is 4.79 Å². The van der Waals surface area contributed by atoms with Gasteiger partial charge >= 0.3 is 6.09 Å². The molecule has 1 N–H and O–H groups in total. The van der Waals surface area contributed by atoms with Crippen molar-refractivity contribution in [1.29, 1.82) is 5.26 Å². The molecule has 0 radical (unpaired) electrons. The molecule has 0 aliphatic carbocycles. The zero-order valence-electron chi connectivity index (χ0n) is 15.2. The van der Waals surface area contributed by atoms with Crippen LogP contribution in [0.25, 0.3) is 0 Å². The molecule has 2 aliphatic rings. The van der Waals surface area contributed by atoms with E-state index in [1.807, 2.05) is 24.3 Å². The Bertz CT molecular complexity index is 750. The highest BCUT2D eigenvalue weighted by molar-refractivity contribution is 5.86. The van der Waals surface area contributed by atoms with Gasteiger partial charge in [0.05, 0.1) is 18.0 Å². The number of nitrogens with one attached hydrogen (secondary N) is 1. The molecule has 2 amide bonds. The van der Waals surface area contributed by atoms with Gasteiger partial charge in [0.15, 0.2) is 0 Å². The summed E-state index contributed by atoms with van der Waals surface area (Å²) in [6, 6.07) is 9.19. The van der Waals surface area contributed by atoms with Gasteiger partial charge in [0, 0.05) is 18.7 Å². The topological polar surface area (TPSA) is 91.7 Å². The second-order valence-corrected chi connectivity index (χ2v) is 7.64. The Balaban J connectivity index is 1.65. The van der Waals surface area contributed by atoms with E-state index in [4.69, 9.17) is 9.47 Å². The van der Waals surface area contributed by atoms with Crippen LogP contribution in [0.15, 0.2) is 24.3 Å². The number of fused-ring (bicyclic) bond motifs is 1. The SMILES string of the molecule is CC(C)(C)OC(=O)N1CC(C#N)C(NC(=O)C2COc3ccccc32)C1. The van der Waals surface area contributed by atoms with E-state index in [9.17, 15) is 14.9 Å². The fourth-order valence-corrected chi connectivity index (χ4v) is 3.22. The van der Waals surface area contributed by atoms with Crippen LogP contribution in [0.5, 0.6) is 5.75 Å². The van der Waals surface area contributed by atoms with Crippen LogP contribution in [-0.4, -0.2) is 48.2 Å². The number of hydrogen-bond donors (Lipinski definition) is 1. The van der Waals surface area contributed by atoms with Crippen molar-refractivity contribution >= 4 is 12.0 Å². The summed E-state index contributed by atoms with van der Waals surface area (Å²) in [4.78, 5) is 26.4. The summed E-state index contributed by atoms with van der Waals surface area (Å²) < 4.78 is 10.9. The van der Waals surface area contributed by atoms with Crippen molar-refractivity contribution in [3.05, 3.63) is 29.8 Å². The summed E-state index contributed by atoms with van der Waals surface area (Å²) in [6.07, 6.45) is -0.468. The number of hydrogen-bond acceptors (Lipinski definition) is 5. The number of para-hydroxylation sites is 1. The fraction of sp³-hybridized carbons (Fsp3) is 0.526. The van der Waals surface area contributed by atoms with Crippen molar-refractivity contribution in [1.82, 2.24) is 10.2 Å².